The molecular formula is C19H20F2N2O. The molecule has 0 spiro atoms. The lowest BCUT2D eigenvalue weighted by molar-refractivity contribution is 0.0655. The predicted octanol–water partition coefficient (Wildman–Crippen LogP) is 3.37. The number of carbonyl (C=O) groups is 1. The van der Waals surface area contributed by atoms with E-state index < -0.39 is 5.82 Å². The molecule has 0 bridgehead atoms. The number of halogens is 2. The summed E-state index contributed by atoms with van der Waals surface area (Å²) in [5.41, 5.74) is 1.99. The van der Waals surface area contributed by atoms with Crippen LogP contribution in [0.5, 0.6) is 0 Å². The first-order valence-electron chi connectivity index (χ1n) is 8.05. The third kappa shape index (κ3) is 3.17. The van der Waals surface area contributed by atoms with E-state index in [-0.39, 0.29) is 17.8 Å². The van der Waals surface area contributed by atoms with E-state index in [0.717, 1.165) is 13.1 Å². The lowest BCUT2D eigenvalue weighted by Gasteiger charge is -2.34. The van der Waals surface area contributed by atoms with E-state index in [1.165, 1.54) is 18.2 Å². The number of amides is 1. The zero-order valence-corrected chi connectivity index (χ0v) is 13.8. The highest BCUT2D eigenvalue weighted by Gasteiger charge is 2.24. The average Bonchev–Trinajstić information content (AvgIpc) is 2.55. The van der Waals surface area contributed by atoms with E-state index in [1.54, 1.807) is 30.0 Å². The van der Waals surface area contributed by atoms with Gasteiger partial charge in [-0.05, 0) is 49.2 Å². The zero-order valence-electron chi connectivity index (χ0n) is 13.8. The quantitative estimate of drug-likeness (QED) is 0.916. The minimum Gasteiger partial charge on any atom is -0.333 e. The summed E-state index contributed by atoms with van der Waals surface area (Å²) in [6.45, 7) is 5.79. The third-order valence-electron chi connectivity index (χ3n) is 4.46. The Labute approximate surface area is 140 Å². The van der Waals surface area contributed by atoms with Crippen molar-refractivity contribution in [1.29, 1.82) is 0 Å². The predicted molar refractivity (Wildman–Crippen MR) is 89.9 cm³/mol. The molecule has 0 unspecified atom stereocenters. The second kappa shape index (κ2) is 6.69. The Morgan fingerprint density at radius 3 is 2.58 bits per heavy atom. The maximum Gasteiger partial charge on any atom is 0.254 e. The molecule has 3 rings (SSSR count). The standard InChI is InChI=1S/C19H20F2N2O/c1-12-9-15(20)4-6-16(12)17-5-3-14(10-18(17)21)19(24)23-8-7-22-11-13(23)2/h3-6,9-10,13,22H,7-8,11H2,1-2H3/t13-/m1/s1. The summed E-state index contributed by atoms with van der Waals surface area (Å²) in [6, 6.07) is 8.82. The van der Waals surface area contributed by atoms with E-state index in [1.807, 2.05) is 6.92 Å². The SMILES string of the molecule is Cc1cc(F)ccc1-c1ccc(C(=O)N2CCNC[C@H]2C)cc1F. The first kappa shape index (κ1) is 16.6. The van der Waals surface area contributed by atoms with Crippen molar-refractivity contribution in [3.8, 4) is 11.1 Å². The van der Waals surface area contributed by atoms with Crippen LogP contribution >= 0.6 is 0 Å². The van der Waals surface area contributed by atoms with Crippen LogP contribution in [0.15, 0.2) is 36.4 Å². The lowest BCUT2D eigenvalue weighted by atomic mass is 9.98. The van der Waals surface area contributed by atoms with E-state index in [9.17, 15) is 13.6 Å². The van der Waals surface area contributed by atoms with Crippen LogP contribution in [0, 0.1) is 18.6 Å². The van der Waals surface area contributed by atoms with Crippen molar-refractivity contribution in [1.82, 2.24) is 10.2 Å². The van der Waals surface area contributed by atoms with Crippen molar-refractivity contribution >= 4 is 5.91 Å². The molecular weight excluding hydrogens is 310 g/mol. The smallest absolute Gasteiger partial charge is 0.254 e. The molecule has 0 radical (unpaired) electrons. The number of benzene rings is 2. The van der Waals surface area contributed by atoms with E-state index in [4.69, 9.17) is 0 Å². The molecule has 24 heavy (non-hydrogen) atoms. The zero-order chi connectivity index (χ0) is 17.3. The summed E-state index contributed by atoms with van der Waals surface area (Å²) in [5.74, 6) is -0.986. The van der Waals surface area contributed by atoms with Gasteiger partial charge in [-0.15, -0.1) is 0 Å². The normalized spacial score (nSPS) is 17.8. The Hall–Kier alpha value is -2.27. The number of rotatable bonds is 2. The van der Waals surface area contributed by atoms with Gasteiger partial charge in [0, 0.05) is 36.8 Å². The monoisotopic (exact) mass is 330 g/mol. The fourth-order valence-electron chi connectivity index (χ4n) is 3.10. The molecule has 1 heterocycles. The van der Waals surface area contributed by atoms with Crippen LogP contribution < -0.4 is 5.32 Å². The molecule has 1 atom stereocenters. The average molecular weight is 330 g/mol. The number of nitrogens with zero attached hydrogens (tertiary/aromatic N) is 1. The van der Waals surface area contributed by atoms with Crippen LogP contribution in [0.3, 0.4) is 0 Å². The highest BCUT2D eigenvalue weighted by molar-refractivity contribution is 5.95. The molecule has 3 nitrogen and oxygen atoms in total. The Bertz CT molecular complexity index is 776. The molecule has 1 amide bonds. The fraction of sp³-hybridized carbons (Fsp3) is 0.316. The summed E-state index contributed by atoms with van der Waals surface area (Å²) >= 11 is 0. The number of nitrogens with one attached hydrogen (secondary N) is 1. The molecule has 126 valence electrons. The van der Waals surface area contributed by atoms with Crippen LogP contribution in [-0.4, -0.2) is 36.5 Å². The van der Waals surface area contributed by atoms with Gasteiger partial charge >= 0.3 is 0 Å². The van der Waals surface area contributed by atoms with Gasteiger partial charge in [0.1, 0.15) is 11.6 Å². The summed E-state index contributed by atoms with van der Waals surface area (Å²) in [6.07, 6.45) is 0. The third-order valence-corrected chi connectivity index (χ3v) is 4.46. The van der Waals surface area contributed by atoms with Gasteiger partial charge in [0.25, 0.3) is 5.91 Å². The van der Waals surface area contributed by atoms with Gasteiger partial charge in [-0.1, -0.05) is 12.1 Å². The van der Waals surface area contributed by atoms with Gasteiger partial charge in [0.2, 0.25) is 0 Å². The van der Waals surface area contributed by atoms with E-state index in [0.29, 0.717) is 28.8 Å². The number of carbonyl (C=O) groups excluding carboxylic acids is 1. The van der Waals surface area contributed by atoms with Gasteiger partial charge in [0.05, 0.1) is 0 Å². The van der Waals surface area contributed by atoms with Crippen LogP contribution in [-0.2, 0) is 0 Å². The molecule has 0 aromatic heterocycles. The molecule has 2 aromatic carbocycles. The summed E-state index contributed by atoms with van der Waals surface area (Å²) in [4.78, 5) is 14.4. The van der Waals surface area contributed by atoms with Gasteiger partial charge in [-0.25, -0.2) is 8.78 Å². The Morgan fingerprint density at radius 2 is 1.92 bits per heavy atom. The minimum atomic E-state index is -0.474. The maximum atomic E-state index is 14.6. The molecule has 0 saturated carbocycles. The topological polar surface area (TPSA) is 32.3 Å². The van der Waals surface area contributed by atoms with Gasteiger partial charge < -0.3 is 10.2 Å². The van der Waals surface area contributed by atoms with Crippen LogP contribution in [0.2, 0.25) is 0 Å². The fourth-order valence-corrected chi connectivity index (χ4v) is 3.10. The van der Waals surface area contributed by atoms with Gasteiger partial charge in [-0.3, -0.25) is 4.79 Å². The Balaban J connectivity index is 1.91. The van der Waals surface area contributed by atoms with Crippen molar-refractivity contribution in [2.24, 2.45) is 0 Å². The lowest BCUT2D eigenvalue weighted by Crippen LogP contribution is -2.52. The molecule has 1 fully saturated rings. The van der Waals surface area contributed by atoms with Crippen molar-refractivity contribution in [3.05, 3.63) is 59.2 Å². The first-order valence-corrected chi connectivity index (χ1v) is 8.05. The molecule has 1 saturated heterocycles. The maximum absolute atomic E-state index is 14.6. The van der Waals surface area contributed by atoms with Crippen molar-refractivity contribution in [2.45, 2.75) is 19.9 Å². The summed E-state index contributed by atoms with van der Waals surface area (Å²) in [5, 5.41) is 3.22. The second-order valence-electron chi connectivity index (χ2n) is 6.21. The minimum absolute atomic E-state index is 0.0772. The van der Waals surface area contributed by atoms with Crippen LogP contribution in [0.25, 0.3) is 11.1 Å². The molecule has 2 aromatic rings. The largest absolute Gasteiger partial charge is 0.333 e. The van der Waals surface area contributed by atoms with Crippen molar-refractivity contribution in [2.75, 3.05) is 19.6 Å². The molecule has 5 heteroatoms. The summed E-state index contributed by atoms with van der Waals surface area (Å²) < 4.78 is 27.8. The van der Waals surface area contributed by atoms with Crippen molar-refractivity contribution < 1.29 is 13.6 Å². The van der Waals surface area contributed by atoms with Gasteiger partial charge in [-0.2, -0.15) is 0 Å². The van der Waals surface area contributed by atoms with E-state index in [2.05, 4.69) is 5.32 Å². The number of hydrogen-bond donors (Lipinski definition) is 1. The highest BCUT2D eigenvalue weighted by Crippen LogP contribution is 2.27. The van der Waals surface area contributed by atoms with E-state index >= 15 is 0 Å². The molecule has 1 aliphatic rings. The molecule has 0 aliphatic carbocycles. The van der Waals surface area contributed by atoms with Gasteiger partial charge in [0.15, 0.2) is 0 Å². The molecule has 1 aliphatic heterocycles. The number of hydrogen-bond acceptors (Lipinski definition) is 2. The second-order valence-corrected chi connectivity index (χ2v) is 6.21. The summed E-state index contributed by atoms with van der Waals surface area (Å²) in [7, 11) is 0. The molecule has 1 N–H and O–H groups in total. The number of aryl methyl sites for hydroxylation is 1. The highest BCUT2D eigenvalue weighted by atomic mass is 19.1. The first-order chi connectivity index (χ1) is 11.5. The van der Waals surface area contributed by atoms with Crippen molar-refractivity contribution in [3.63, 3.8) is 0 Å². The van der Waals surface area contributed by atoms with Crippen LogP contribution in [0.1, 0.15) is 22.8 Å². The Morgan fingerprint density at radius 1 is 1.17 bits per heavy atom. The number of piperazine rings is 1. The Kier molecular flexibility index (Phi) is 4.62. The van der Waals surface area contributed by atoms with Crippen LogP contribution in [0.4, 0.5) is 8.78 Å².